The molecule has 0 spiro atoms. The zero-order valence-electron chi connectivity index (χ0n) is 9.42. The highest BCUT2D eigenvalue weighted by atomic mass is 16.4. The van der Waals surface area contributed by atoms with E-state index in [1.807, 2.05) is 0 Å². The molecule has 1 fully saturated rings. The van der Waals surface area contributed by atoms with Crippen molar-refractivity contribution in [1.82, 2.24) is 4.90 Å². The van der Waals surface area contributed by atoms with Gasteiger partial charge in [-0.3, -0.25) is 4.79 Å². The van der Waals surface area contributed by atoms with Crippen LogP contribution in [0, 0.1) is 11.3 Å². The largest absolute Gasteiger partial charge is 0.481 e. The van der Waals surface area contributed by atoms with Crippen LogP contribution in [0.1, 0.15) is 33.1 Å². The summed E-state index contributed by atoms with van der Waals surface area (Å²) in [5.41, 5.74) is 0.0231. The van der Waals surface area contributed by atoms with Crippen LogP contribution in [0.4, 0.5) is 0 Å². The number of nitrogens with zero attached hydrogens (tertiary/aromatic N) is 1. The molecular formula is C11H21NO2. The van der Waals surface area contributed by atoms with Gasteiger partial charge >= 0.3 is 5.97 Å². The molecule has 1 saturated heterocycles. The van der Waals surface area contributed by atoms with Crippen LogP contribution >= 0.6 is 0 Å². The van der Waals surface area contributed by atoms with Crippen molar-refractivity contribution in [2.24, 2.45) is 11.3 Å². The summed E-state index contributed by atoms with van der Waals surface area (Å²) in [6.07, 6.45) is 2.43. The van der Waals surface area contributed by atoms with Gasteiger partial charge < -0.3 is 10.0 Å². The molecule has 0 bridgehead atoms. The van der Waals surface area contributed by atoms with Crippen molar-refractivity contribution in [3.63, 3.8) is 0 Å². The molecule has 1 heterocycles. The SMILES string of the molecule is CCC(C)C1(CC(=O)O)CCN(C)C1. The van der Waals surface area contributed by atoms with Gasteiger partial charge in [0.25, 0.3) is 0 Å². The number of hydrogen-bond acceptors (Lipinski definition) is 2. The predicted molar refractivity (Wildman–Crippen MR) is 56.3 cm³/mol. The van der Waals surface area contributed by atoms with E-state index in [0.717, 1.165) is 25.9 Å². The first kappa shape index (κ1) is 11.5. The van der Waals surface area contributed by atoms with E-state index >= 15 is 0 Å². The molecule has 0 radical (unpaired) electrons. The maximum absolute atomic E-state index is 10.9. The summed E-state index contributed by atoms with van der Waals surface area (Å²) in [7, 11) is 2.08. The molecule has 82 valence electrons. The first-order valence-corrected chi connectivity index (χ1v) is 5.40. The second kappa shape index (κ2) is 4.30. The quantitative estimate of drug-likeness (QED) is 0.751. The summed E-state index contributed by atoms with van der Waals surface area (Å²) in [5.74, 6) is -0.149. The van der Waals surface area contributed by atoms with Crippen LogP contribution in [0.2, 0.25) is 0 Å². The van der Waals surface area contributed by atoms with Crippen molar-refractivity contribution in [3.8, 4) is 0 Å². The molecular weight excluding hydrogens is 178 g/mol. The second-order valence-electron chi connectivity index (χ2n) is 4.73. The monoisotopic (exact) mass is 199 g/mol. The van der Waals surface area contributed by atoms with Crippen molar-refractivity contribution < 1.29 is 9.90 Å². The lowest BCUT2D eigenvalue weighted by molar-refractivity contribution is -0.140. The lowest BCUT2D eigenvalue weighted by Gasteiger charge is -2.33. The number of carboxylic acid groups (broad SMARTS) is 1. The highest BCUT2D eigenvalue weighted by molar-refractivity contribution is 5.67. The fourth-order valence-electron chi connectivity index (χ4n) is 2.56. The molecule has 1 rings (SSSR count). The van der Waals surface area contributed by atoms with Crippen molar-refractivity contribution >= 4 is 5.97 Å². The van der Waals surface area contributed by atoms with Gasteiger partial charge in [-0.1, -0.05) is 20.3 Å². The van der Waals surface area contributed by atoms with E-state index in [0.29, 0.717) is 12.3 Å². The van der Waals surface area contributed by atoms with Crippen molar-refractivity contribution in [1.29, 1.82) is 0 Å². The summed E-state index contributed by atoms with van der Waals surface area (Å²) in [6, 6.07) is 0. The zero-order valence-corrected chi connectivity index (χ0v) is 9.42. The van der Waals surface area contributed by atoms with E-state index in [4.69, 9.17) is 5.11 Å². The van der Waals surface area contributed by atoms with Crippen LogP contribution in [0.25, 0.3) is 0 Å². The molecule has 3 nitrogen and oxygen atoms in total. The number of aliphatic carboxylic acids is 1. The molecule has 0 aromatic carbocycles. The minimum atomic E-state index is -0.652. The van der Waals surface area contributed by atoms with E-state index in [-0.39, 0.29) is 5.41 Å². The minimum absolute atomic E-state index is 0.0231. The van der Waals surface area contributed by atoms with E-state index in [9.17, 15) is 4.79 Å². The highest BCUT2D eigenvalue weighted by Gasteiger charge is 2.42. The molecule has 1 aliphatic heterocycles. The molecule has 2 atom stereocenters. The van der Waals surface area contributed by atoms with Crippen molar-refractivity contribution in [3.05, 3.63) is 0 Å². The number of rotatable bonds is 4. The first-order chi connectivity index (χ1) is 6.50. The molecule has 0 amide bonds. The molecule has 0 aromatic heterocycles. The average Bonchev–Trinajstić information content (AvgIpc) is 2.46. The summed E-state index contributed by atoms with van der Waals surface area (Å²) >= 11 is 0. The second-order valence-corrected chi connectivity index (χ2v) is 4.73. The fourth-order valence-corrected chi connectivity index (χ4v) is 2.56. The summed E-state index contributed by atoms with van der Waals surface area (Å²) in [5, 5.41) is 8.95. The van der Waals surface area contributed by atoms with Crippen LogP contribution in [-0.4, -0.2) is 36.1 Å². The molecule has 2 unspecified atom stereocenters. The van der Waals surface area contributed by atoms with E-state index in [2.05, 4.69) is 25.8 Å². The third-order valence-electron chi connectivity index (χ3n) is 3.74. The van der Waals surface area contributed by atoms with E-state index < -0.39 is 5.97 Å². The van der Waals surface area contributed by atoms with Gasteiger partial charge in [-0.2, -0.15) is 0 Å². The lowest BCUT2D eigenvalue weighted by Crippen LogP contribution is -2.34. The Kier molecular flexibility index (Phi) is 3.53. The molecule has 0 saturated carbocycles. The van der Waals surface area contributed by atoms with Gasteiger partial charge in [0.15, 0.2) is 0 Å². The Morgan fingerprint density at radius 1 is 1.64 bits per heavy atom. The standard InChI is InChI=1S/C11H21NO2/c1-4-9(2)11(7-10(13)14)5-6-12(3)8-11/h9H,4-8H2,1-3H3,(H,13,14). The van der Waals surface area contributed by atoms with Crippen LogP contribution in [0.15, 0.2) is 0 Å². The predicted octanol–water partition coefficient (Wildman–Crippen LogP) is 1.83. The maximum atomic E-state index is 10.9. The van der Waals surface area contributed by atoms with Gasteiger partial charge in [-0.05, 0) is 31.3 Å². The highest BCUT2D eigenvalue weighted by Crippen LogP contribution is 2.41. The van der Waals surface area contributed by atoms with Gasteiger partial charge in [0, 0.05) is 6.54 Å². The third-order valence-corrected chi connectivity index (χ3v) is 3.74. The van der Waals surface area contributed by atoms with Crippen LogP contribution in [0.5, 0.6) is 0 Å². The summed E-state index contributed by atoms with van der Waals surface area (Å²) < 4.78 is 0. The molecule has 0 aromatic rings. The Bertz CT molecular complexity index is 217. The summed E-state index contributed by atoms with van der Waals surface area (Å²) in [4.78, 5) is 13.1. The first-order valence-electron chi connectivity index (χ1n) is 5.40. The molecule has 14 heavy (non-hydrogen) atoms. The van der Waals surface area contributed by atoms with Gasteiger partial charge in [0.05, 0.1) is 6.42 Å². The van der Waals surface area contributed by atoms with Crippen LogP contribution < -0.4 is 0 Å². The topological polar surface area (TPSA) is 40.5 Å². The van der Waals surface area contributed by atoms with Gasteiger partial charge in [0.1, 0.15) is 0 Å². The number of carbonyl (C=O) groups is 1. The normalized spacial score (nSPS) is 30.5. The lowest BCUT2D eigenvalue weighted by atomic mass is 9.72. The molecule has 1 aliphatic rings. The Labute approximate surface area is 86.1 Å². The molecule has 0 aliphatic carbocycles. The zero-order chi connectivity index (χ0) is 10.8. The van der Waals surface area contributed by atoms with Crippen molar-refractivity contribution in [2.75, 3.05) is 20.1 Å². The number of hydrogen-bond donors (Lipinski definition) is 1. The Morgan fingerprint density at radius 2 is 2.29 bits per heavy atom. The van der Waals surface area contributed by atoms with Gasteiger partial charge in [-0.15, -0.1) is 0 Å². The molecule has 3 heteroatoms. The van der Waals surface area contributed by atoms with E-state index in [1.54, 1.807) is 0 Å². The molecule has 1 N–H and O–H groups in total. The van der Waals surface area contributed by atoms with Crippen molar-refractivity contribution in [2.45, 2.75) is 33.1 Å². The average molecular weight is 199 g/mol. The maximum Gasteiger partial charge on any atom is 0.303 e. The number of carboxylic acids is 1. The van der Waals surface area contributed by atoms with E-state index in [1.165, 1.54) is 0 Å². The van der Waals surface area contributed by atoms with Crippen LogP contribution in [0.3, 0.4) is 0 Å². The van der Waals surface area contributed by atoms with Gasteiger partial charge in [0.2, 0.25) is 0 Å². The Balaban J connectivity index is 2.74. The number of likely N-dealkylation sites (tertiary alicyclic amines) is 1. The third kappa shape index (κ3) is 2.27. The Morgan fingerprint density at radius 3 is 2.64 bits per heavy atom. The minimum Gasteiger partial charge on any atom is -0.481 e. The Hall–Kier alpha value is -0.570. The fraction of sp³-hybridized carbons (Fsp3) is 0.909. The summed E-state index contributed by atoms with van der Waals surface area (Å²) in [6.45, 7) is 6.31. The smallest absolute Gasteiger partial charge is 0.303 e. The van der Waals surface area contributed by atoms with Crippen LogP contribution in [-0.2, 0) is 4.79 Å². The van der Waals surface area contributed by atoms with Gasteiger partial charge in [-0.25, -0.2) is 0 Å².